The van der Waals surface area contributed by atoms with Gasteiger partial charge in [0.2, 0.25) is 0 Å². The highest BCUT2D eigenvalue weighted by Crippen LogP contribution is 2.52. The van der Waals surface area contributed by atoms with Gasteiger partial charge in [-0.05, 0) is 45.2 Å². The molecule has 1 aliphatic carbocycles. The molecular formula is C21H24F2. The van der Waals surface area contributed by atoms with Gasteiger partial charge in [-0.2, -0.15) is 8.78 Å². The van der Waals surface area contributed by atoms with E-state index < -0.39 is 5.92 Å². The van der Waals surface area contributed by atoms with Crippen LogP contribution in [0.3, 0.4) is 0 Å². The first-order chi connectivity index (χ1) is 10.4. The van der Waals surface area contributed by atoms with Crippen molar-refractivity contribution >= 4 is 0 Å². The van der Waals surface area contributed by atoms with Crippen LogP contribution in [0, 0.1) is 0 Å². The Morgan fingerprint density at radius 1 is 0.652 bits per heavy atom. The van der Waals surface area contributed by atoms with E-state index in [1.54, 1.807) is 12.1 Å². The highest BCUT2D eigenvalue weighted by atomic mass is 19.3. The van der Waals surface area contributed by atoms with Crippen molar-refractivity contribution in [2.75, 3.05) is 0 Å². The zero-order valence-corrected chi connectivity index (χ0v) is 14.7. The topological polar surface area (TPSA) is 0 Å². The van der Waals surface area contributed by atoms with Gasteiger partial charge in [0, 0.05) is 11.1 Å². The van der Waals surface area contributed by atoms with Crippen molar-refractivity contribution in [1.29, 1.82) is 0 Å². The summed E-state index contributed by atoms with van der Waals surface area (Å²) in [5, 5.41) is 0. The van der Waals surface area contributed by atoms with Crippen molar-refractivity contribution in [3.63, 3.8) is 0 Å². The van der Waals surface area contributed by atoms with E-state index >= 15 is 8.78 Å². The van der Waals surface area contributed by atoms with E-state index in [0.717, 1.165) is 11.1 Å². The first-order valence-corrected chi connectivity index (χ1v) is 8.10. The highest BCUT2D eigenvalue weighted by molar-refractivity contribution is 5.80. The molecule has 0 aliphatic heterocycles. The normalized spacial score (nSPS) is 16.2. The van der Waals surface area contributed by atoms with Gasteiger partial charge in [-0.15, -0.1) is 0 Å². The average molecular weight is 314 g/mol. The molecule has 0 N–H and O–H groups in total. The Hall–Kier alpha value is -1.70. The van der Waals surface area contributed by atoms with Crippen molar-refractivity contribution < 1.29 is 8.78 Å². The number of alkyl halides is 2. The molecule has 0 nitrogen and oxygen atoms in total. The summed E-state index contributed by atoms with van der Waals surface area (Å²) >= 11 is 0. The lowest BCUT2D eigenvalue weighted by molar-refractivity contribution is 0.0477. The van der Waals surface area contributed by atoms with Gasteiger partial charge in [0.1, 0.15) is 0 Å². The summed E-state index contributed by atoms with van der Waals surface area (Å²) in [4.78, 5) is 0. The van der Waals surface area contributed by atoms with Crippen molar-refractivity contribution in [2.24, 2.45) is 0 Å². The van der Waals surface area contributed by atoms with Gasteiger partial charge in [-0.3, -0.25) is 0 Å². The van der Waals surface area contributed by atoms with Crippen LogP contribution in [0.1, 0.15) is 63.8 Å². The lowest BCUT2D eigenvalue weighted by atomic mass is 9.85. The maximum absolute atomic E-state index is 15.1. The Bertz CT molecular complexity index is 706. The van der Waals surface area contributed by atoms with Crippen LogP contribution in [0.15, 0.2) is 36.4 Å². The van der Waals surface area contributed by atoms with Gasteiger partial charge in [-0.25, -0.2) is 0 Å². The number of hydrogen-bond acceptors (Lipinski definition) is 0. The smallest absolute Gasteiger partial charge is 0.196 e. The molecule has 122 valence electrons. The van der Waals surface area contributed by atoms with E-state index in [4.69, 9.17) is 0 Å². The monoisotopic (exact) mass is 314 g/mol. The Balaban J connectivity index is 2.22. The van der Waals surface area contributed by atoms with E-state index in [0.29, 0.717) is 11.1 Å². The second-order valence-corrected chi connectivity index (χ2v) is 8.60. The molecule has 0 radical (unpaired) electrons. The average Bonchev–Trinajstić information content (AvgIpc) is 2.65. The van der Waals surface area contributed by atoms with E-state index in [9.17, 15) is 0 Å². The van der Waals surface area contributed by atoms with Gasteiger partial charge < -0.3 is 0 Å². The van der Waals surface area contributed by atoms with Crippen molar-refractivity contribution in [2.45, 2.75) is 58.3 Å². The molecule has 0 atom stereocenters. The summed E-state index contributed by atoms with van der Waals surface area (Å²) in [6, 6.07) is 11.0. The molecular weight excluding hydrogens is 290 g/mol. The molecule has 23 heavy (non-hydrogen) atoms. The lowest BCUT2D eigenvalue weighted by Gasteiger charge is -2.22. The van der Waals surface area contributed by atoms with Crippen LogP contribution in [0.25, 0.3) is 11.1 Å². The summed E-state index contributed by atoms with van der Waals surface area (Å²) in [6.45, 7) is 12.3. The van der Waals surface area contributed by atoms with E-state index in [2.05, 4.69) is 0 Å². The van der Waals surface area contributed by atoms with Gasteiger partial charge in [0.05, 0.1) is 0 Å². The van der Waals surface area contributed by atoms with Crippen LogP contribution in [0.5, 0.6) is 0 Å². The second kappa shape index (κ2) is 4.66. The van der Waals surface area contributed by atoms with Gasteiger partial charge in [0.25, 0.3) is 5.92 Å². The fraction of sp³-hybridized carbons (Fsp3) is 0.429. The van der Waals surface area contributed by atoms with Crippen LogP contribution in [-0.4, -0.2) is 0 Å². The fourth-order valence-corrected chi connectivity index (χ4v) is 3.16. The molecule has 0 heterocycles. The molecule has 0 aromatic heterocycles. The van der Waals surface area contributed by atoms with Crippen LogP contribution >= 0.6 is 0 Å². The van der Waals surface area contributed by atoms with Crippen LogP contribution in [-0.2, 0) is 16.8 Å². The molecule has 0 bridgehead atoms. The number of rotatable bonds is 0. The Morgan fingerprint density at radius 3 is 1.30 bits per heavy atom. The third-order valence-electron chi connectivity index (χ3n) is 4.74. The van der Waals surface area contributed by atoms with Crippen molar-refractivity contribution in [3.8, 4) is 11.1 Å². The maximum atomic E-state index is 15.1. The van der Waals surface area contributed by atoms with Crippen LogP contribution in [0.2, 0.25) is 0 Å². The Kier molecular flexibility index (Phi) is 3.27. The maximum Gasteiger partial charge on any atom is 0.299 e. The lowest BCUT2D eigenvalue weighted by Crippen LogP contribution is -2.16. The second-order valence-electron chi connectivity index (χ2n) is 8.60. The molecule has 0 saturated carbocycles. The van der Waals surface area contributed by atoms with Crippen molar-refractivity contribution in [3.05, 3.63) is 58.7 Å². The number of hydrogen-bond donors (Lipinski definition) is 0. The standard InChI is InChI=1S/C21H24F2/c1-19(2,3)13-7-9-15-16-10-8-14(20(4,5)6)12-18(16)21(22,23)17(15)11-13/h7-12H,1-6H3. The summed E-state index contributed by atoms with van der Waals surface area (Å²) < 4.78 is 30.1. The first kappa shape index (κ1) is 16.2. The van der Waals surface area contributed by atoms with Crippen LogP contribution in [0.4, 0.5) is 8.78 Å². The third-order valence-corrected chi connectivity index (χ3v) is 4.74. The van der Waals surface area contributed by atoms with Crippen LogP contribution < -0.4 is 0 Å². The Morgan fingerprint density at radius 2 is 1.00 bits per heavy atom. The summed E-state index contributed by atoms with van der Waals surface area (Å²) in [7, 11) is 0. The molecule has 0 fully saturated rings. The summed E-state index contributed by atoms with van der Waals surface area (Å²) in [5.41, 5.74) is 3.22. The van der Waals surface area contributed by atoms with E-state index in [1.807, 2.05) is 65.8 Å². The minimum atomic E-state index is -2.92. The fourth-order valence-electron chi connectivity index (χ4n) is 3.16. The number of benzene rings is 2. The molecule has 0 unspecified atom stereocenters. The molecule has 3 rings (SSSR count). The van der Waals surface area contributed by atoms with Gasteiger partial charge >= 0.3 is 0 Å². The van der Waals surface area contributed by atoms with E-state index in [1.165, 1.54) is 0 Å². The minimum Gasteiger partial charge on any atom is -0.196 e. The predicted molar refractivity (Wildman–Crippen MR) is 92.3 cm³/mol. The molecule has 2 heteroatoms. The quantitative estimate of drug-likeness (QED) is 0.527. The largest absolute Gasteiger partial charge is 0.299 e. The zero-order valence-electron chi connectivity index (χ0n) is 14.7. The summed E-state index contributed by atoms with van der Waals surface area (Å²) in [5.74, 6) is -2.92. The zero-order chi connectivity index (χ0) is 17.2. The highest BCUT2D eigenvalue weighted by Gasteiger charge is 2.45. The Labute approximate surface area is 137 Å². The van der Waals surface area contributed by atoms with Gasteiger partial charge in [0.15, 0.2) is 0 Å². The van der Waals surface area contributed by atoms with E-state index in [-0.39, 0.29) is 22.0 Å². The molecule has 2 aromatic carbocycles. The number of fused-ring (bicyclic) bond motifs is 3. The molecule has 0 saturated heterocycles. The molecule has 0 amide bonds. The van der Waals surface area contributed by atoms with Gasteiger partial charge in [-0.1, -0.05) is 65.8 Å². The molecule has 1 aliphatic rings. The predicted octanol–water partition coefficient (Wildman–Crippen LogP) is 6.40. The molecule has 0 spiro atoms. The third kappa shape index (κ3) is 2.49. The number of halogens is 2. The summed E-state index contributed by atoms with van der Waals surface area (Å²) in [6.07, 6.45) is 0. The SMILES string of the molecule is CC(C)(C)c1ccc2c(c1)C(F)(F)c1cc(C(C)(C)C)ccc1-2. The van der Waals surface area contributed by atoms with Crippen molar-refractivity contribution in [1.82, 2.24) is 0 Å². The first-order valence-electron chi connectivity index (χ1n) is 8.10. The minimum absolute atomic E-state index is 0.142. The molecule has 2 aromatic rings.